The van der Waals surface area contributed by atoms with Crippen LogP contribution < -0.4 is 10.6 Å². The van der Waals surface area contributed by atoms with Gasteiger partial charge in [-0.15, -0.1) is 0 Å². The van der Waals surface area contributed by atoms with Gasteiger partial charge in [-0.25, -0.2) is 4.79 Å². The number of likely N-dealkylation sites (N-methyl/N-ethyl adjacent to an activating group) is 1. The van der Waals surface area contributed by atoms with E-state index in [2.05, 4.69) is 38.1 Å². The van der Waals surface area contributed by atoms with E-state index in [0.717, 1.165) is 30.1 Å². The molecule has 5 rings (SSSR count). The van der Waals surface area contributed by atoms with Gasteiger partial charge in [-0.2, -0.15) is 13.2 Å². The Bertz CT molecular complexity index is 2310. The molecule has 4 N–H and O–H groups in total. The quantitative estimate of drug-likeness (QED) is 0.109. The fourth-order valence-electron chi connectivity index (χ4n) is 7.99. The number of nitrogens with zero attached hydrogens (tertiary/aromatic N) is 1. The van der Waals surface area contributed by atoms with Gasteiger partial charge in [0.2, 0.25) is 17.7 Å². The SMILES string of the molecule is C=C1C[C@H](C)C(=O)N[C@@H](C)C(=O)N(C)[C@H](Cc2c(Br)[nH]c3ccccc23)C(=O)N[C@@H](c2ccc(O)cc2)CC(=O)O[C@@H](C)C[C@@H](C)[C@@H]1OC(=O)[C@](OC)(c1ccccc1)C(F)(F)F. The van der Waals surface area contributed by atoms with Crippen LogP contribution in [0.15, 0.2) is 95.6 Å². The van der Waals surface area contributed by atoms with E-state index in [-0.39, 0.29) is 30.6 Å². The van der Waals surface area contributed by atoms with Gasteiger partial charge in [0.05, 0.1) is 23.2 Å². The Morgan fingerprint density at radius 2 is 1.56 bits per heavy atom. The van der Waals surface area contributed by atoms with Crippen LogP contribution in [0.25, 0.3) is 10.9 Å². The second kappa shape index (κ2) is 20.2. The highest BCUT2D eigenvalue weighted by molar-refractivity contribution is 9.10. The van der Waals surface area contributed by atoms with Crippen LogP contribution in [0.5, 0.6) is 5.75 Å². The number of amides is 3. The number of esters is 2. The first-order valence-corrected chi connectivity index (χ1v) is 21.1. The number of H-pyrrole nitrogens is 1. The lowest BCUT2D eigenvalue weighted by molar-refractivity contribution is -0.278. The summed E-state index contributed by atoms with van der Waals surface area (Å²) in [6.07, 6.45) is -8.29. The molecule has 0 aliphatic carbocycles. The van der Waals surface area contributed by atoms with Crippen molar-refractivity contribution in [3.05, 3.63) is 112 Å². The second-order valence-electron chi connectivity index (χ2n) is 16.1. The van der Waals surface area contributed by atoms with Gasteiger partial charge in [-0.05, 0) is 77.5 Å². The molecule has 3 amide bonds. The van der Waals surface area contributed by atoms with Crippen molar-refractivity contribution in [1.82, 2.24) is 20.5 Å². The normalized spacial score (nSPS) is 24.9. The number of methoxy groups -OCH3 is 1. The Balaban J connectivity index is 1.53. The molecule has 17 heteroatoms. The average molecular weight is 942 g/mol. The highest BCUT2D eigenvalue weighted by Crippen LogP contribution is 2.44. The van der Waals surface area contributed by atoms with Gasteiger partial charge in [0, 0.05) is 48.9 Å². The van der Waals surface area contributed by atoms with Crippen molar-refractivity contribution >= 4 is 56.5 Å². The molecule has 0 bridgehead atoms. The number of hydrogen-bond donors (Lipinski definition) is 4. The molecule has 1 saturated heterocycles. The molecule has 63 heavy (non-hydrogen) atoms. The zero-order chi connectivity index (χ0) is 46.4. The molecule has 1 aromatic heterocycles. The van der Waals surface area contributed by atoms with Crippen molar-refractivity contribution in [3.8, 4) is 5.75 Å². The number of benzene rings is 3. The predicted octanol–water partition coefficient (Wildman–Crippen LogP) is 7.33. The van der Waals surface area contributed by atoms with Gasteiger partial charge in [0.15, 0.2) is 0 Å². The van der Waals surface area contributed by atoms with Crippen LogP contribution >= 0.6 is 15.9 Å². The molecular weight excluding hydrogens is 889 g/mol. The maximum atomic E-state index is 14.9. The fraction of sp³-hybridized carbons (Fsp3) is 0.413. The number of ether oxygens (including phenoxy) is 3. The van der Waals surface area contributed by atoms with Crippen LogP contribution in [0.1, 0.15) is 69.7 Å². The Morgan fingerprint density at radius 1 is 0.921 bits per heavy atom. The Morgan fingerprint density at radius 3 is 2.19 bits per heavy atom. The first-order chi connectivity index (χ1) is 29.7. The van der Waals surface area contributed by atoms with E-state index in [0.29, 0.717) is 15.7 Å². The number of para-hydroxylation sites is 1. The van der Waals surface area contributed by atoms with E-state index >= 15 is 0 Å². The van der Waals surface area contributed by atoms with Crippen LogP contribution in [0, 0.1) is 11.8 Å². The molecule has 0 unspecified atom stereocenters. The molecule has 0 saturated carbocycles. The number of nitrogens with one attached hydrogen (secondary N) is 3. The van der Waals surface area contributed by atoms with Crippen molar-refractivity contribution < 1.29 is 56.5 Å². The summed E-state index contributed by atoms with van der Waals surface area (Å²) >= 11 is 3.56. The molecule has 1 aliphatic heterocycles. The van der Waals surface area contributed by atoms with Gasteiger partial charge in [0.1, 0.15) is 23.9 Å². The van der Waals surface area contributed by atoms with Crippen molar-refractivity contribution in [2.75, 3.05) is 14.2 Å². The van der Waals surface area contributed by atoms with Gasteiger partial charge < -0.3 is 39.8 Å². The van der Waals surface area contributed by atoms with E-state index in [1.807, 2.05) is 24.3 Å². The number of halogens is 4. The zero-order valence-corrected chi connectivity index (χ0v) is 37.3. The standard InChI is InChI=1S/C46H52BrF3N4O9/c1-25-21-27(3)41(57)51-29(5)43(59)54(6)37(23-34-33-15-11-12-16-35(33)52-40(34)47)42(58)53-36(30-17-19-32(55)20-18-30)24-38(56)62-28(4)22-26(2)39(25)63-44(60)45(61-7,46(48,49)50)31-13-9-8-10-14-31/h8-20,26-29,36-37,39,52,55H,1,21-24H2,2-7H3,(H,51,57)(H,53,58)/t26-,27+,28+,29+,36-,37-,39-,45-/m1/s1. The summed E-state index contributed by atoms with van der Waals surface area (Å²) in [7, 11) is 2.17. The molecule has 4 aromatic rings. The zero-order valence-electron chi connectivity index (χ0n) is 35.8. The number of fused-ring (bicyclic) bond motifs is 1. The van der Waals surface area contributed by atoms with Crippen LogP contribution in [0.2, 0.25) is 0 Å². The van der Waals surface area contributed by atoms with Crippen LogP contribution in [0.4, 0.5) is 13.2 Å². The van der Waals surface area contributed by atoms with Gasteiger partial charge >= 0.3 is 18.1 Å². The molecule has 0 radical (unpaired) electrons. The number of carbonyl (C=O) groups excluding carboxylic acids is 5. The smallest absolute Gasteiger partial charge is 0.432 e. The maximum Gasteiger partial charge on any atom is 0.432 e. The monoisotopic (exact) mass is 940 g/mol. The number of phenols is 1. The molecule has 3 aromatic carbocycles. The third kappa shape index (κ3) is 10.9. The summed E-state index contributed by atoms with van der Waals surface area (Å²) in [6, 6.07) is 16.1. The third-order valence-corrected chi connectivity index (χ3v) is 12.0. The minimum absolute atomic E-state index is 0.000304. The van der Waals surface area contributed by atoms with Gasteiger partial charge in [-0.1, -0.05) is 81.1 Å². The number of cyclic esters (lactones) is 1. The summed E-state index contributed by atoms with van der Waals surface area (Å²) < 4.78 is 61.9. The predicted molar refractivity (Wildman–Crippen MR) is 231 cm³/mol. The highest BCUT2D eigenvalue weighted by Gasteiger charge is 2.64. The lowest BCUT2D eigenvalue weighted by atomic mass is 9.87. The lowest BCUT2D eigenvalue weighted by Gasteiger charge is -2.36. The average Bonchev–Trinajstić information content (AvgIpc) is 3.54. The largest absolute Gasteiger partial charge is 0.508 e. The van der Waals surface area contributed by atoms with Crippen molar-refractivity contribution in [3.63, 3.8) is 0 Å². The van der Waals surface area contributed by atoms with E-state index < -0.39 is 95.6 Å². The van der Waals surface area contributed by atoms with Crippen LogP contribution in [-0.2, 0) is 50.2 Å². The van der Waals surface area contributed by atoms with Crippen molar-refractivity contribution in [2.45, 2.75) is 95.5 Å². The number of aromatic hydroxyl groups is 1. The summed E-state index contributed by atoms with van der Waals surface area (Å²) in [6.45, 7) is 10.2. The Kier molecular flexibility index (Phi) is 15.5. The topological polar surface area (TPSA) is 176 Å². The summed E-state index contributed by atoms with van der Waals surface area (Å²) in [5.41, 5.74) is -2.08. The number of aromatic nitrogens is 1. The number of aromatic amines is 1. The Labute approximate surface area is 371 Å². The Hall–Kier alpha value is -5.68. The molecular formula is C46H52BrF3N4O9. The van der Waals surface area contributed by atoms with Crippen LogP contribution in [-0.4, -0.2) is 89.3 Å². The molecule has 13 nitrogen and oxygen atoms in total. The summed E-state index contributed by atoms with van der Waals surface area (Å²) in [4.78, 5) is 74.5. The van der Waals surface area contributed by atoms with E-state index in [1.54, 1.807) is 13.8 Å². The molecule has 1 aliphatic rings. The summed E-state index contributed by atoms with van der Waals surface area (Å²) in [5, 5.41) is 16.4. The van der Waals surface area contributed by atoms with E-state index in [4.69, 9.17) is 14.2 Å². The minimum Gasteiger partial charge on any atom is -0.508 e. The third-order valence-electron chi connectivity index (χ3n) is 11.4. The number of phenolic OH excluding ortho intramolecular Hbond substituents is 1. The van der Waals surface area contributed by atoms with E-state index in [9.17, 15) is 42.3 Å². The first kappa shape index (κ1) is 48.4. The number of carbonyl (C=O) groups is 5. The van der Waals surface area contributed by atoms with Gasteiger partial charge in [0.25, 0.3) is 5.60 Å². The fourth-order valence-corrected chi connectivity index (χ4v) is 8.58. The minimum atomic E-state index is -5.28. The first-order valence-electron chi connectivity index (χ1n) is 20.3. The highest BCUT2D eigenvalue weighted by atomic mass is 79.9. The van der Waals surface area contributed by atoms with Crippen molar-refractivity contribution in [1.29, 1.82) is 0 Å². The molecule has 8 atom stereocenters. The van der Waals surface area contributed by atoms with Crippen LogP contribution in [0.3, 0.4) is 0 Å². The number of hydrogen-bond acceptors (Lipinski definition) is 9. The molecule has 2 heterocycles. The van der Waals surface area contributed by atoms with Gasteiger partial charge in [-0.3, -0.25) is 19.2 Å². The number of alkyl halides is 3. The number of rotatable bonds is 7. The summed E-state index contributed by atoms with van der Waals surface area (Å²) in [5.74, 6) is -6.29. The molecule has 1 fully saturated rings. The van der Waals surface area contributed by atoms with Crippen molar-refractivity contribution in [2.24, 2.45) is 11.8 Å². The molecule has 0 spiro atoms. The van der Waals surface area contributed by atoms with E-state index in [1.165, 1.54) is 68.3 Å². The molecule has 338 valence electrons. The second-order valence-corrected chi connectivity index (χ2v) is 16.9. The maximum absolute atomic E-state index is 14.9. The lowest BCUT2D eigenvalue weighted by Crippen LogP contribution is -2.55.